The monoisotopic (exact) mass is 360 g/mol. The molecule has 0 spiro atoms. The van der Waals surface area contributed by atoms with Gasteiger partial charge in [0.2, 0.25) is 5.91 Å². The van der Waals surface area contributed by atoms with Crippen molar-refractivity contribution in [2.75, 3.05) is 39.5 Å². The quantitative estimate of drug-likeness (QED) is 0.757. The summed E-state index contributed by atoms with van der Waals surface area (Å²) in [6.45, 7) is 1.89. The Hall–Kier alpha value is -1.80. The third kappa shape index (κ3) is 6.91. The zero-order chi connectivity index (χ0) is 18.3. The van der Waals surface area contributed by atoms with Gasteiger partial charge >= 0.3 is 6.18 Å². The molecule has 0 bridgehead atoms. The lowest BCUT2D eigenvalue weighted by molar-refractivity contribution is -0.166. The summed E-state index contributed by atoms with van der Waals surface area (Å²) in [6.07, 6.45) is -3.77. The van der Waals surface area contributed by atoms with Crippen LogP contribution in [0.25, 0.3) is 0 Å². The molecule has 140 valence electrons. The molecule has 0 unspecified atom stereocenters. The number of alkyl halides is 3. The first-order valence-corrected chi connectivity index (χ1v) is 8.21. The summed E-state index contributed by atoms with van der Waals surface area (Å²) in [6, 6.07) is 6.70. The Balaban J connectivity index is 1.70. The van der Waals surface area contributed by atoms with Crippen LogP contribution in [0, 0.1) is 6.92 Å². The smallest absolute Gasteiger partial charge is 0.401 e. The van der Waals surface area contributed by atoms with E-state index in [0.29, 0.717) is 19.6 Å². The molecule has 0 aliphatic carbocycles. The molecule has 0 radical (unpaired) electrons. The van der Waals surface area contributed by atoms with Crippen LogP contribution in [-0.2, 0) is 9.53 Å². The number of carbonyl (C=O) groups is 1. The van der Waals surface area contributed by atoms with Gasteiger partial charge in [-0.15, -0.1) is 0 Å². The lowest BCUT2D eigenvalue weighted by atomic mass is 10.2. The average Bonchev–Trinajstić information content (AvgIpc) is 2.55. The van der Waals surface area contributed by atoms with E-state index in [1.54, 1.807) is 0 Å². The summed E-state index contributed by atoms with van der Waals surface area (Å²) in [5.41, 5.74) is 1.14. The number of ether oxygens (including phenoxy) is 2. The Morgan fingerprint density at radius 1 is 1.36 bits per heavy atom. The average molecular weight is 360 g/mol. The second kappa shape index (κ2) is 9.05. The molecular formula is C17H23F3N2O3. The molecule has 2 rings (SSSR count). The predicted molar refractivity (Wildman–Crippen MR) is 86.5 cm³/mol. The molecule has 1 fully saturated rings. The van der Waals surface area contributed by atoms with Gasteiger partial charge in [-0.05, 0) is 25.5 Å². The number of rotatable bonds is 7. The van der Waals surface area contributed by atoms with Crippen molar-refractivity contribution in [2.24, 2.45) is 0 Å². The fourth-order valence-corrected chi connectivity index (χ4v) is 2.53. The maximum atomic E-state index is 12.6. The standard InChI is InChI=1S/C17H23F3N2O3/c1-13-3-5-14(6-4-13)25-9-2-7-21-16(23)15-11-24-10-8-22(15)12-17(18,19)20/h3-6,15H,2,7-12H2,1H3,(H,21,23)/t15-/m0/s1. The molecule has 1 aromatic carbocycles. The number of nitrogens with one attached hydrogen (secondary N) is 1. The van der Waals surface area contributed by atoms with Crippen LogP contribution in [0.2, 0.25) is 0 Å². The van der Waals surface area contributed by atoms with Crippen molar-refractivity contribution in [3.8, 4) is 5.75 Å². The maximum absolute atomic E-state index is 12.6. The van der Waals surface area contributed by atoms with E-state index in [4.69, 9.17) is 9.47 Å². The highest BCUT2D eigenvalue weighted by Crippen LogP contribution is 2.19. The minimum absolute atomic E-state index is 0.0260. The molecule has 25 heavy (non-hydrogen) atoms. The van der Waals surface area contributed by atoms with Crippen molar-refractivity contribution in [3.63, 3.8) is 0 Å². The molecule has 0 saturated carbocycles. The van der Waals surface area contributed by atoms with Crippen molar-refractivity contribution in [1.82, 2.24) is 10.2 Å². The summed E-state index contributed by atoms with van der Waals surface area (Å²) in [5, 5.41) is 2.66. The Bertz CT molecular complexity index is 549. The highest BCUT2D eigenvalue weighted by Gasteiger charge is 2.37. The zero-order valence-corrected chi connectivity index (χ0v) is 14.1. The van der Waals surface area contributed by atoms with Crippen LogP contribution >= 0.6 is 0 Å². The van der Waals surface area contributed by atoms with Gasteiger partial charge in [0.25, 0.3) is 0 Å². The minimum atomic E-state index is -4.34. The van der Waals surface area contributed by atoms with Gasteiger partial charge in [-0.25, -0.2) is 0 Å². The largest absolute Gasteiger partial charge is 0.494 e. The highest BCUT2D eigenvalue weighted by molar-refractivity contribution is 5.82. The van der Waals surface area contributed by atoms with E-state index < -0.39 is 24.7 Å². The third-order valence-corrected chi connectivity index (χ3v) is 3.83. The Labute approximate surface area is 145 Å². The number of hydrogen-bond acceptors (Lipinski definition) is 4. The normalized spacial score (nSPS) is 18.8. The van der Waals surface area contributed by atoms with Crippen molar-refractivity contribution < 1.29 is 27.4 Å². The van der Waals surface area contributed by atoms with Gasteiger partial charge in [0.1, 0.15) is 11.8 Å². The van der Waals surface area contributed by atoms with Crippen LogP contribution in [-0.4, -0.2) is 62.5 Å². The van der Waals surface area contributed by atoms with E-state index in [1.807, 2.05) is 31.2 Å². The van der Waals surface area contributed by atoms with E-state index >= 15 is 0 Å². The predicted octanol–water partition coefficient (Wildman–Crippen LogP) is 2.14. The Morgan fingerprint density at radius 3 is 2.76 bits per heavy atom. The first-order chi connectivity index (χ1) is 11.8. The fourth-order valence-electron chi connectivity index (χ4n) is 2.53. The van der Waals surface area contributed by atoms with Gasteiger partial charge < -0.3 is 14.8 Å². The van der Waals surface area contributed by atoms with Gasteiger partial charge in [0, 0.05) is 13.1 Å². The van der Waals surface area contributed by atoms with Gasteiger partial charge in [-0.1, -0.05) is 17.7 Å². The van der Waals surface area contributed by atoms with Gasteiger partial charge in [-0.3, -0.25) is 9.69 Å². The molecule has 1 aliphatic rings. The number of nitrogens with zero attached hydrogens (tertiary/aromatic N) is 1. The number of amides is 1. The molecule has 1 atom stereocenters. The number of aryl methyl sites for hydroxylation is 1. The second-order valence-corrected chi connectivity index (χ2v) is 5.98. The molecule has 8 heteroatoms. The van der Waals surface area contributed by atoms with E-state index in [1.165, 1.54) is 0 Å². The molecule has 1 N–H and O–H groups in total. The van der Waals surface area contributed by atoms with Crippen molar-refractivity contribution in [2.45, 2.75) is 25.6 Å². The first kappa shape index (κ1) is 19.5. The third-order valence-electron chi connectivity index (χ3n) is 3.83. The van der Waals surface area contributed by atoms with Crippen LogP contribution in [0.5, 0.6) is 5.75 Å². The van der Waals surface area contributed by atoms with Crippen LogP contribution in [0.15, 0.2) is 24.3 Å². The SMILES string of the molecule is Cc1ccc(OCCCNC(=O)[C@@H]2COCCN2CC(F)(F)F)cc1. The lowest BCUT2D eigenvalue weighted by Gasteiger charge is -2.34. The zero-order valence-electron chi connectivity index (χ0n) is 14.1. The van der Waals surface area contributed by atoms with Gasteiger partial charge in [-0.2, -0.15) is 13.2 Å². The number of morpholine rings is 1. The van der Waals surface area contributed by atoms with Gasteiger partial charge in [0.05, 0.1) is 26.4 Å². The molecule has 1 amide bonds. The summed E-state index contributed by atoms with van der Waals surface area (Å²) in [4.78, 5) is 13.2. The topological polar surface area (TPSA) is 50.8 Å². The Morgan fingerprint density at radius 2 is 2.08 bits per heavy atom. The van der Waals surface area contributed by atoms with Crippen LogP contribution in [0.1, 0.15) is 12.0 Å². The van der Waals surface area contributed by atoms with Crippen LogP contribution < -0.4 is 10.1 Å². The van der Waals surface area contributed by atoms with Crippen molar-refractivity contribution >= 4 is 5.91 Å². The maximum Gasteiger partial charge on any atom is 0.401 e. The van der Waals surface area contributed by atoms with Gasteiger partial charge in [0.15, 0.2) is 0 Å². The van der Waals surface area contributed by atoms with Crippen molar-refractivity contribution in [1.29, 1.82) is 0 Å². The molecule has 5 nitrogen and oxygen atoms in total. The molecule has 0 aromatic heterocycles. The highest BCUT2D eigenvalue weighted by atomic mass is 19.4. The van der Waals surface area contributed by atoms with E-state index in [-0.39, 0.29) is 19.8 Å². The van der Waals surface area contributed by atoms with E-state index in [9.17, 15) is 18.0 Å². The second-order valence-electron chi connectivity index (χ2n) is 5.98. The Kier molecular flexibility index (Phi) is 7.07. The molecule has 1 aromatic rings. The lowest BCUT2D eigenvalue weighted by Crippen LogP contribution is -2.56. The molecule has 1 aliphatic heterocycles. The van der Waals surface area contributed by atoms with Crippen LogP contribution in [0.3, 0.4) is 0 Å². The van der Waals surface area contributed by atoms with Crippen LogP contribution in [0.4, 0.5) is 13.2 Å². The number of carbonyl (C=O) groups excluding carboxylic acids is 1. The van der Waals surface area contributed by atoms with E-state index in [2.05, 4.69) is 5.32 Å². The molecule has 1 heterocycles. The first-order valence-electron chi connectivity index (χ1n) is 8.21. The van der Waals surface area contributed by atoms with Crippen molar-refractivity contribution in [3.05, 3.63) is 29.8 Å². The minimum Gasteiger partial charge on any atom is -0.494 e. The molecular weight excluding hydrogens is 337 g/mol. The summed E-state index contributed by atoms with van der Waals surface area (Å²) in [5.74, 6) is 0.299. The number of benzene rings is 1. The number of halogens is 3. The fraction of sp³-hybridized carbons (Fsp3) is 0.588. The molecule has 1 saturated heterocycles. The number of hydrogen-bond donors (Lipinski definition) is 1. The summed E-state index contributed by atoms with van der Waals surface area (Å²) >= 11 is 0. The summed E-state index contributed by atoms with van der Waals surface area (Å²) in [7, 11) is 0. The summed E-state index contributed by atoms with van der Waals surface area (Å²) < 4.78 is 48.4. The van der Waals surface area contributed by atoms with E-state index in [0.717, 1.165) is 16.2 Å².